The fourth-order valence-electron chi connectivity index (χ4n) is 1.19. The van der Waals surface area contributed by atoms with Crippen molar-refractivity contribution in [3.05, 3.63) is 28.6 Å². The molecule has 0 aliphatic rings. The lowest BCUT2D eigenvalue weighted by molar-refractivity contribution is 0.846. The molecule has 0 atom stereocenters. The van der Waals surface area contributed by atoms with Crippen molar-refractivity contribution in [2.24, 2.45) is 5.73 Å². The predicted octanol–water partition coefficient (Wildman–Crippen LogP) is -0.659. The van der Waals surface area contributed by atoms with Gasteiger partial charge in [0.1, 0.15) is 5.82 Å². The molecular formula is C7H10ClN5O. The Kier molecular flexibility index (Phi) is 3.21. The highest BCUT2D eigenvalue weighted by molar-refractivity contribution is 5.85. The van der Waals surface area contributed by atoms with Gasteiger partial charge in [0.15, 0.2) is 0 Å². The maximum atomic E-state index is 11.2. The number of H-pyrrole nitrogens is 1. The van der Waals surface area contributed by atoms with Gasteiger partial charge in [-0.15, -0.1) is 22.6 Å². The molecule has 76 valence electrons. The molecule has 0 unspecified atom stereocenters. The number of aromatic nitrogens is 4. The summed E-state index contributed by atoms with van der Waals surface area (Å²) in [5.41, 5.74) is 5.46. The molecule has 0 aliphatic carbocycles. The Morgan fingerprint density at radius 3 is 3.00 bits per heavy atom. The number of halogens is 1. The van der Waals surface area contributed by atoms with Crippen LogP contribution in [0.15, 0.2) is 17.2 Å². The smallest absolute Gasteiger partial charge is 0.293 e. The maximum Gasteiger partial charge on any atom is 0.293 e. The number of aromatic amines is 1. The van der Waals surface area contributed by atoms with Gasteiger partial charge in [-0.2, -0.15) is 0 Å². The topological polar surface area (TPSA) is 89.1 Å². The van der Waals surface area contributed by atoms with Crippen molar-refractivity contribution in [2.45, 2.75) is 6.42 Å². The molecule has 0 fully saturated rings. The largest absolute Gasteiger partial charge is 0.330 e. The van der Waals surface area contributed by atoms with Gasteiger partial charge in [0.25, 0.3) is 5.56 Å². The average molecular weight is 216 g/mol. The first-order chi connectivity index (χ1) is 6.33. The number of fused-ring (bicyclic) bond motifs is 1. The van der Waals surface area contributed by atoms with Gasteiger partial charge in [0.2, 0.25) is 5.65 Å². The summed E-state index contributed by atoms with van der Waals surface area (Å²) in [5.74, 6) is 0.712. The molecule has 0 saturated carbocycles. The van der Waals surface area contributed by atoms with Gasteiger partial charge in [0, 0.05) is 18.8 Å². The molecule has 0 saturated heterocycles. The van der Waals surface area contributed by atoms with Crippen molar-refractivity contribution >= 4 is 18.1 Å². The highest BCUT2D eigenvalue weighted by Gasteiger charge is 2.05. The Balaban J connectivity index is 0.000000980. The van der Waals surface area contributed by atoms with Crippen LogP contribution < -0.4 is 11.3 Å². The molecule has 2 aromatic heterocycles. The Bertz CT molecular complexity index is 476. The van der Waals surface area contributed by atoms with Gasteiger partial charge in [0.05, 0.1) is 0 Å². The molecule has 6 nitrogen and oxygen atoms in total. The van der Waals surface area contributed by atoms with E-state index in [1.165, 1.54) is 0 Å². The van der Waals surface area contributed by atoms with Crippen molar-refractivity contribution in [3.8, 4) is 0 Å². The lowest BCUT2D eigenvalue weighted by atomic mass is 10.4. The minimum atomic E-state index is -0.238. The zero-order valence-corrected chi connectivity index (χ0v) is 8.12. The highest BCUT2D eigenvalue weighted by Crippen LogP contribution is 1.96. The molecule has 0 aromatic carbocycles. The summed E-state index contributed by atoms with van der Waals surface area (Å²) in [6.07, 6.45) is 3.88. The van der Waals surface area contributed by atoms with Crippen molar-refractivity contribution in [2.75, 3.05) is 6.54 Å². The Morgan fingerprint density at radius 2 is 2.29 bits per heavy atom. The van der Waals surface area contributed by atoms with Crippen molar-refractivity contribution < 1.29 is 0 Å². The third kappa shape index (κ3) is 1.61. The summed E-state index contributed by atoms with van der Waals surface area (Å²) in [6, 6.07) is 0. The molecule has 2 aromatic rings. The molecule has 0 amide bonds. The van der Waals surface area contributed by atoms with Gasteiger partial charge in [-0.1, -0.05) is 0 Å². The average Bonchev–Trinajstić information content (AvgIpc) is 2.51. The molecule has 3 N–H and O–H groups in total. The van der Waals surface area contributed by atoms with E-state index in [0.29, 0.717) is 24.4 Å². The minimum Gasteiger partial charge on any atom is -0.330 e. The summed E-state index contributed by atoms with van der Waals surface area (Å²) >= 11 is 0. The van der Waals surface area contributed by atoms with E-state index in [1.54, 1.807) is 16.8 Å². The Labute approximate surface area is 85.6 Å². The summed E-state index contributed by atoms with van der Waals surface area (Å²) in [5, 5.41) is 7.61. The van der Waals surface area contributed by atoms with Crippen LogP contribution >= 0.6 is 12.4 Å². The molecule has 0 spiro atoms. The number of rotatable bonds is 2. The van der Waals surface area contributed by atoms with E-state index in [1.807, 2.05) is 0 Å². The molecule has 0 radical (unpaired) electrons. The number of nitrogens with zero attached hydrogens (tertiary/aromatic N) is 3. The van der Waals surface area contributed by atoms with Crippen LogP contribution in [0.4, 0.5) is 0 Å². The quantitative estimate of drug-likeness (QED) is 0.696. The second kappa shape index (κ2) is 4.21. The predicted molar refractivity (Wildman–Crippen MR) is 53.6 cm³/mol. The first-order valence-corrected chi connectivity index (χ1v) is 3.94. The van der Waals surface area contributed by atoms with Crippen LogP contribution in [-0.4, -0.2) is 26.1 Å². The van der Waals surface area contributed by atoms with Crippen LogP contribution in [0.3, 0.4) is 0 Å². The third-order valence-electron chi connectivity index (χ3n) is 1.78. The summed E-state index contributed by atoms with van der Waals surface area (Å²) < 4.78 is 1.64. The molecule has 2 rings (SSSR count). The molecule has 0 bridgehead atoms. The number of hydrogen-bond acceptors (Lipinski definition) is 4. The number of hydrogen-bond donors (Lipinski definition) is 2. The van der Waals surface area contributed by atoms with Crippen LogP contribution in [0.1, 0.15) is 5.82 Å². The zero-order valence-electron chi connectivity index (χ0n) is 7.30. The fourth-order valence-corrected chi connectivity index (χ4v) is 1.19. The monoisotopic (exact) mass is 215 g/mol. The van der Waals surface area contributed by atoms with Crippen molar-refractivity contribution in [1.29, 1.82) is 0 Å². The normalized spacial score (nSPS) is 10.1. The second-order valence-electron chi connectivity index (χ2n) is 2.64. The van der Waals surface area contributed by atoms with E-state index in [2.05, 4.69) is 15.2 Å². The van der Waals surface area contributed by atoms with Crippen molar-refractivity contribution in [1.82, 2.24) is 19.6 Å². The Morgan fingerprint density at radius 1 is 1.50 bits per heavy atom. The lowest BCUT2D eigenvalue weighted by Crippen LogP contribution is -2.11. The lowest BCUT2D eigenvalue weighted by Gasteiger charge is -1.94. The van der Waals surface area contributed by atoms with Gasteiger partial charge in [-0.05, 0) is 6.54 Å². The van der Waals surface area contributed by atoms with Crippen LogP contribution in [0, 0.1) is 0 Å². The zero-order chi connectivity index (χ0) is 9.26. The van der Waals surface area contributed by atoms with E-state index in [9.17, 15) is 4.79 Å². The van der Waals surface area contributed by atoms with E-state index in [-0.39, 0.29) is 18.0 Å². The minimum absolute atomic E-state index is 0. The molecule has 2 heterocycles. The molecular weight excluding hydrogens is 206 g/mol. The summed E-state index contributed by atoms with van der Waals surface area (Å²) in [7, 11) is 0. The standard InChI is InChI=1S/C7H9N5O.ClH/c8-2-1-5-10-11-6-7(13)9-3-4-12(5)6;/h3-4H,1-2,8H2,(H,9,13);1H. The fraction of sp³-hybridized carbons (Fsp3) is 0.286. The summed E-state index contributed by atoms with van der Waals surface area (Å²) in [4.78, 5) is 13.7. The van der Waals surface area contributed by atoms with E-state index >= 15 is 0 Å². The van der Waals surface area contributed by atoms with E-state index in [0.717, 1.165) is 0 Å². The highest BCUT2D eigenvalue weighted by atomic mass is 35.5. The molecule has 14 heavy (non-hydrogen) atoms. The summed E-state index contributed by atoms with van der Waals surface area (Å²) in [6.45, 7) is 0.494. The first kappa shape index (κ1) is 10.7. The van der Waals surface area contributed by atoms with Crippen LogP contribution in [-0.2, 0) is 6.42 Å². The van der Waals surface area contributed by atoms with Crippen LogP contribution in [0.2, 0.25) is 0 Å². The first-order valence-electron chi connectivity index (χ1n) is 3.94. The van der Waals surface area contributed by atoms with E-state index in [4.69, 9.17) is 5.73 Å². The maximum absolute atomic E-state index is 11.2. The molecule has 7 heteroatoms. The van der Waals surface area contributed by atoms with Gasteiger partial charge in [-0.3, -0.25) is 9.20 Å². The van der Waals surface area contributed by atoms with Gasteiger partial charge in [-0.25, -0.2) is 0 Å². The number of nitrogens with two attached hydrogens (primary N) is 1. The Hall–Kier alpha value is -1.40. The SMILES string of the molecule is Cl.NCCc1nnc2c(=O)[nH]ccn12. The van der Waals surface area contributed by atoms with Crippen LogP contribution in [0.25, 0.3) is 5.65 Å². The number of nitrogens with one attached hydrogen (secondary N) is 1. The molecule has 0 aliphatic heterocycles. The van der Waals surface area contributed by atoms with E-state index < -0.39 is 0 Å². The van der Waals surface area contributed by atoms with Gasteiger partial charge >= 0.3 is 0 Å². The van der Waals surface area contributed by atoms with Crippen LogP contribution in [0.5, 0.6) is 0 Å². The van der Waals surface area contributed by atoms with Gasteiger partial charge < -0.3 is 10.7 Å². The third-order valence-corrected chi connectivity index (χ3v) is 1.78. The van der Waals surface area contributed by atoms with Crippen molar-refractivity contribution in [3.63, 3.8) is 0 Å². The second-order valence-corrected chi connectivity index (χ2v) is 2.64.